The number of carbonyl (C=O) groups is 1. The SMILES string of the molecule is CCCCC(=CN(CC)CC)C(N)=O. The Balaban J connectivity index is 4.37. The number of amides is 1. The molecule has 0 bridgehead atoms. The van der Waals surface area contributed by atoms with Crippen molar-refractivity contribution in [1.82, 2.24) is 4.90 Å². The lowest BCUT2D eigenvalue weighted by Gasteiger charge is -2.17. The number of hydrogen-bond donors (Lipinski definition) is 1. The second-order valence-electron chi connectivity index (χ2n) is 3.34. The maximum absolute atomic E-state index is 11.1. The fraction of sp³-hybridized carbons (Fsp3) is 0.727. The molecule has 0 saturated carbocycles. The van der Waals surface area contributed by atoms with Gasteiger partial charge in [-0.25, -0.2) is 0 Å². The van der Waals surface area contributed by atoms with E-state index in [0.29, 0.717) is 0 Å². The molecule has 2 N–H and O–H groups in total. The Morgan fingerprint density at radius 2 is 1.86 bits per heavy atom. The van der Waals surface area contributed by atoms with Crippen molar-refractivity contribution in [2.24, 2.45) is 5.73 Å². The molecule has 0 aliphatic carbocycles. The van der Waals surface area contributed by atoms with Crippen LogP contribution in [0.4, 0.5) is 0 Å². The highest BCUT2D eigenvalue weighted by Gasteiger charge is 2.05. The fourth-order valence-corrected chi connectivity index (χ4v) is 1.25. The summed E-state index contributed by atoms with van der Waals surface area (Å²) >= 11 is 0. The van der Waals surface area contributed by atoms with Gasteiger partial charge in [0.2, 0.25) is 5.91 Å². The fourth-order valence-electron chi connectivity index (χ4n) is 1.25. The van der Waals surface area contributed by atoms with Crippen LogP contribution in [0.3, 0.4) is 0 Å². The Kier molecular flexibility index (Phi) is 6.89. The molecule has 0 aliphatic rings. The highest BCUT2D eigenvalue weighted by molar-refractivity contribution is 5.91. The minimum absolute atomic E-state index is 0.287. The zero-order chi connectivity index (χ0) is 11.0. The number of nitrogens with two attached hydrogens (primary N) is 1. The first kappa shape index (κ1) is 13.0. The van der Waals surface area contributed by atoms with Gasteiger partial charge in [0.15, 0.2) is 0 Å². The normalized spacial score (nSPS) is 11.5. The van der Waals surface area contributed by atoms with Crippen LogP contribution in [0.2, 0.25) is 0 Å². The first-order valence-electron chi connectivity index (χ1n) is 5.40. The molecule has 3 heteroatoms. The molecule has 0 radical (unpaired) electrons. The Morgan fingerprint density at radius 3 is 2.21 bits per heavy atom. The summed E-state index contributed by atoms with van der Waals surface area (Å²) in [7, 11) is 0. The number of nitrogens with zero attached hydrogens (tertiary/aromatic N) is 1. The molecule has 0 fully saturated rings. The highest BCUT2D eigenvalue weighted by Crippen LogP contribution is 2.08. The van der Waals surface area contributed by atoms with Crippen LogP contribution in [0, 0.1) is 0 Å². The number of hydrogen-bond acceptors (Lipinski definition) is 2. The predicted octanol–water partition coefficient (Wildman–Crippen LogP) is 1.89. The van der Waals surface area contributed by atoms with E-state index >= 15 is 0 Å². The molecule has 0 aromatic heterocycles. The lowest BCUT2D eigenvalue weighted by atomic mass is 10.1. The van der Waals surface area contributed by atoms with Crippen LogP contribution in [0.5, 0.6) is 0 Å². The first-order chi connectivity index (χ1) is 6.65. The van der Waals surface area contributed by atoms with Gasteiger partial charge < -0.3 is 10.6 Å². The molecule has 0 aromatic carbocycles. The molecular formula is C11H22N2O. The summed E-state index contributed by atoms with van der Waals surface area (Å²) in [6.45, 7) is 8.08. The molecule has 0 rings (SSSR count). The number of rotatable bonds is 7. The zero-order valence-corrected chi connectivity index (χ0v) is 9.55. The average Bonchev–Trinajstić information content (AvgIpc) is 2.18. The third-order valence-electron chi connectivity index (χ3n) is 2.27. The van der Waals surface area contributed by atoms with Gasteiger partial charge in [0.1, 0.15) is 0 Å². The Bertz CT molecular complexity index is 195. The smallest absolute Gasteiger partial charge is 0.246 e. The molecule has 82 valence electrons. The van der Waals surface area contributed by atoms with E-state index in [9.17, 15) is 4.79 Å². The Morgan fingerprint density at radius 1 is 1.29 bits per heavy atom. The summed E-state index contributed by atoms with van der Waals surface area (Å²) in [6, 6.07) is 0. The molecule has 0 aromatic rings. The van der Waals surface area contributed by atoms with Gasteiger partial charge in [-0.15, -0.1) is 0 Å². The summed E-state index contributed by atoms with van der Waals surface area (Å²) in [5.74, 6) is -0.287. The standard InChI is InChI=1S/C11H22N2O/c1-4-7-8-10(11(12)14)9-13(5-2)6-3/h9H,4-8H2,1-3H3,(H2,12,14). The molecule has 1 amide bonds. The second-order valence-corrected chi connectivity index (χ2v) is 3.34. The molecule has 0 aliphatic heterocycles. The van der Waals surface area contributed by atoms with Gasteiger partial charge in [-0.2, -0.15) is 0 Å². The molecule has 0 saturated heterocycles. The van der Waals surface area contributed by atoms with E-state index in [1.807, 2.05) is 6.20 Å². The lowest BCUT2D eigenvalue weighted by Crippen LogP contribution is -2.21. The van der Waals surface area contributed by atoms with Gasteiger partial charge in [0, 0.05) is 24.9 Å². The van der Waals surface area contributed by atoms with E-state index in [1.165, 1.54) is 0 Å². The van der Waals surface area contributed by atoms with Crippen LogP contribution in [0.1, 0.15) is 40.0 Å². The summed E-state index contributed by atoms with van der Waals surface area (Å²) in [5, 5.41) is 0. The topological polar surface area (TPSA) is 46.3 Å². The minimum atomic E-state index is -0.287. The van der Waals surface area contributed by atoms with E-state index in [0.717, 1.165) is 37.9 Å². The van der Waals surface area contributed by atoms with E-state index in [4.69, 9.17) is 5.73 Å². The molecular weight excluding hydrogens is 176 g/mol. The summed E-state index contributed by atoms with van der Waals surface area (Å²) < 4.78 is 0. The largest absolute Gasteiger partial charge is 0.378 e. The third kappa shape index (κ3) is 4.90. The van der Waals surface area contributed by atoms with Gasteiger partial charge in [0.25, 0.3) is 0 Å². The molecule has 0 spiro atoms. The third-order valence-corrected chi connectivity index (χ3v) is 2.27. The van der Waals surface area contributed by atoms with Crippen LogP contribution < -0.4 is 5.73 Å². The van der Waals surface area contributed by atoms with Crippen LogP contribution in [-0.2, 0) is 4.79 Å². The summed E-state index contributed by atoms with van der Waals surface area (Å²) in [6.07, 6.45) is 4.80. The van der Waals surface area contributed by atoms with Gasteiger partial charge in [-0.1, -0.05) is 13.3 Å². The van der Waals surface area contributed by atoms with E-state index in [1.54, 1.807) is 0 Å². The first-order valence-corrected chi connectivity index (χ1v) is 5.40. The van der Waals surface area contributed by atoms with E-state index in [-0.39, 0.29) is 5.91 Å². The Labute approximate surface area is 87.0 Å². The Hall–Kier alpha value is -0.990. The van der Waals surface area contributed by atoms with Crippen LogP contribution in [0.25, 0.3) is 0 Å². The molecule has 0 heterocycles. The summed E-state index contributed by atoms with van der Waals surface area (Å²) in [5.41, 5.74) is 6.05. The van der Waals surface area contributed by atoms with Gasteiger partial charge in [-0.3, -0.25) is 4.79 Å². The molecule has 0 unspecified atom stereocenters. The zero-order valence-electron chi connectivity index (χ0n) is 9.55. The van der Waals surface area contributed by atoms with Crippen molar-refractivity contribution in [3.63, 3.8) is 0 Å². The quantitative estimate of drug-likeness (QED) is 0.635. The lowest BCUT2D eigenvalue weighted by molar-refractivity contribution is -0.114. The summed E-state index contributed by atoms with van der Waals surface area (Å²) in [4.78, 5) is 13.2. The molecule has 3 nitrogen and oxygen atoms in total. The van der Waals surface area contributed by atoms with Crippen molar-refractivity contribution in [3.05, 3.63) is 11.8 Å². The number of primary amides is 1. The maximum Gasteiger partial charge on any atom is 0.246 e. The van der Waals surface area contributed by atoms with E-state index in [2.05, 4.69) is 25.7 Å². The molecule has 14 heavy (non-hydrogen) atoms. The van der Waals surface area contributed by atoms with Crippen LogP contribution in [-0.4, -0.2) is 23.9 Å². The average molecular weight is 198 g/mol. The van der Waals surface area contributed by atoms with Crippen molar-refractivity contribution in [2.75, 3.05) is 13.1 Å². The van der Waals surface area contributed by atoms with Crippen molar-refractivity contribution >= 4 is 5.91 Å². The van der Waals surface area contributed by atoms with Gasteiger partial charge in [-0.05, 0) is 26.7 Å². The number of carbonyl (C=O) groups excluding carboxylic acids is 1. The van der Waals surface area contributed by atoms with E-state index < -0.39 is 0 Å². The second kappa shape index (κ2) is 7.42. The maximum atomic E-state index is 11.1. The molecule has 0 atom stereocenters. The van der Waals surface area contributed by atoms with Crippen molar-refractivity contribution in [2.45, 2.75) is 40.0 Å². The van der Waals surface area contributed by atoms with Crippen molar-refractivity contribution in [1.29, 1.82) is 0 Å². The minimum Gasteiger partial charge on any atom is -0.378 e. The van der Waals surface area contributed by atoms with Crippen LogP contribution in [0.15, 0.2) is 11.8 Å². The van der Waals surface area contributed by atoms with Crippen molar-refractivity contribution < 1.29 is 4.79 Å². The van der Waals surface area contributed by atoms with Crippen molar-refractivity contribution in [3.8, 4) is 0 Å². The monoisotopic (exact) mass is 198 g/mol. The predicted molar refractivity (Wildman–Crippen MR) is 59.7 cm³/mol. The number of unbranched alkanes of at least 4 members (excludes halogenated alkanes) is 1. The van der Waals surface area contributed by atoms with Gasteiger partial charge in [0.05, 0.1) is 0 Å². The highest BCUT2D eigenvalue weighted by atomic mass is 16.1. The van der Waals surface area contributed by atoms with Gasteiger partial charge >= 0.3 is 0 Å². The van der Waals surface area contributed by atoms with Crippen LogP contribution >= 0.6 is 0 Å².